The van der Waals surface area contributed by atoms with E-state index >= 15 is 0 Å². The maximum Gasteiger partial charge on any atom is 0.266 e. The molecule has 1 fully saturated rings. The van der Waals surface area contributed by atoms with Crippen LogP contribution in [-0.4, -0.2) is 33.1 Å². The number of hydrogen-bond acceptors (Lipinski definition) is 6. The summed E-state index contributed by atoms with van der Waals surface area (Å²) >= 11 is 2.77. The monoisotopic (exact) mass is 331 g/mol. The SMILES string of the molecule is C/C(=C1/S/C(=N/c2nccs2)N(C)C1=O)c1ccc(O)cc1. The fraction of sp³-hybridized carbons (Fsp3) is 0.133. The summed E-state index contributed by atoms with van der Waals surface area (Å²) in [6.45, 7) is 1.90. The van der Waals surface area contributed by atoms with Crippen LogP contribution in [0.15, 0.2) is 45.7 Å². The minimum atomic E-state index is -0.0779. The van der Waals surface area contributed by atoms with Gasteiger partial charge in [-0.15, -0.1) is 11.3 Å². The van der Waals surface area contributed by atoms with Crippen LogP contribution in [0.1, 0.15) is 12.5 Å². The molecule has 0 bridgehead atoms. The zero-order chi connectivity index (χ0) is 15.7. The molecule has 1 aliphatic rings. The lowest BCUT2D eigenvalue weighted by molar-refractivity contribution is -0.121. The van der Waals surface area contributed by atoms with Crippen LogP contribution in [0, 0.1) is 0 Å². The predicted molar refractivity (Wildman–Crippen MR) is 90.3 cm³/mol. The lowest BCUT2D eigenvalue weighted by atomic mass is 10.1. The number of phenolic OH excluding ortho intramolecular Hbond substituents is 1. The number of amides is 1. The van der Waals surface area contributed by atoms with Gasteiger partial charge in [0, 0.05) is 18.6 Å². The highest BCUT2D eigenvalue weighted by atomic mass is 32.2. The smallest absolute Gasteiger partial charge is 0.266 e. The van der Waals surface area contributed by atoms with Crippen LogP contribution in [0.2, 0.25) is 0 Å². The predicted octanol–water partition coefficient (Wildman–Crippen LogP) is 3.47. The topological polar surface area (TPSA) is 65.8 Å². The Morgan fingerprint density at radius 3 is 2.68 bits per heavy atom. The van der Waals surface area contributed by atoms with Crippen LogP contribution < -0.4 is 0 Å². The van der Waals surface area contributed by atoms with Gasteiger partial charge in [0.25, 0.3) is 5.91 Å². The zero-order valence-electron chi connectivity index (χ0n) is 12.0. The second-order valence-corrected chi connectivity index (χ2v) is 6.53. The Labute approximate surface area is 136 Å². The van der Waals surface area contributed by atoms with Crippen LogP contribution in [0.4, 0.5) is 5.13 Å². The molecule has 2 heterocycles. The number of thiazole rings is 1. The first kappa shape index (κ1) is 14.8. The molecule has 1 saturated heterocycles. The van der Waals surface area contributed by atoms with Gasteiger partial charge in [-0.1, -0.05) is 12.1 Å². The number of allylic oxidation sites excluding steroid dienone is 1. The summed E-state index contributed by atoms with van der Waals surface area (Å²) < 4.78 is 0. The van der Waals surface area contributed by atoms with E-state index in [9.17, 15) is 9.90 Å². The number of aliphatic imine (C=N–C) groups is 1. The van der Waals surface area contributed by atoms with Crippen molar-refractivity contribution in [2.45, 2.75) is 6.92 Å². The van der Waals surface area contributed by atoms with Crippen molar-refractivity contribution >= 4 is 44.9 Å². The molecule has 22 heavy (non-hydrogen) atoms. The number of likely N-dealkylation sites (N-methyl/N-ethyl adjacent to an activating group) is 1. The number of carbonyl (C=O) groups excluding carboxylic acids is 1. The maximum absolute atomic E-state index is 12.4. The highest BCUT2D eigenvalue weighted by Gasteiger charge is 2.32. The number of phenols is 1. The van der Waals surface area contributed by atoms with Gasteiger partial charge >= 0.3 is 0 Å². The second-order valence-electron chi connectivity index (χ2n) is 4.68. The van der Waals surface area contributed by atoms with Gasteiger partial charge in [-0.05, 0) is 42.0 Å². The summed E-state index contributed by atoms with van der Waals surface area (Å²) in [5.74, 6) is 0.126. The minimum absolute atomic E-state index is 0.0779. The first-order valence-corrected chi connectivity index (χ1v) is 8.20. The second kappa shape index (κ2) is 5.94. The lowest BCUT2D eigenvalue weighted by Crippen LogP contribution is -2.23. The van der Waals surface area contributed by atoms with E-state index in [0.29, 0.717) is 15.2 Å². The van der Waals surface area contributed by atoms with E-state index in [1.165, 1.54) is 28.0 Å². The van der Waals surface area contributed by atoms with Crippen LogP contribution in [0.5, 0.6) is 5.75 Å². The number of nitrogens with zero attached hydrogens (tertiary/aromatic N) is 3. The fourth-order valence-corrected chi connectivity index (χ4v) is 3.56. The number of aromatic nitrogens is 1. The molecule has 1 amide bonds. The Bertz CT molecular complexity index is 765. The molecule has 1 aliphatic heterocycles. The fourth-order valence-electron chi connectivity index (χ4n) is 1.97. The van der Waals surface area contributed by atoms with Gasteiger partial charge in [-0.3, -0.25) is 9.69 Å². The number of amidine groups is 1. The molecule has 7 heteroatoms. The molecule has 112 valence electrons. The van der Waals surface area contributed by atoms with Gasteiger partial charge in [0.1, 0.15) is 5.75 Å². The van der Waals surface area contributed by atoms with Crippen molar-refractivity contribution in [3.63, 3.8) is 0 Å². The summed E-state index contributed by atoms with van der Waals surface area (Å²) in [6, 6.07) is 6.80. The molecule has 0 unspecified atom stereocenters. The Morgan fingerprint density at radius 2 is 2.05 bits per heavy atom. The van der Waals surface area contributed by atoms with Gasteiger partial charge in [0.15, 0.2) is 5.17 Å². The highest BCUT2D eigenvalue weighted by Crippen LogP contribution is 2.37. The molecule has 2 aromatic rings. The molecule has 0 radical (unpaired) electrons. The Morgan fingerprint density at radius 1 is 1.32 bits per heavy atom. The normalized spacial score (nSPS) is 19.1. The van der Waals surface area contributed by atoms with E-state index in [1.54, 1.807) is 37.5 Å². The summed E-state index contributed by atoms with van der Waals surface area (Å²) in [4.78, 5) is 23.1. The van der Waals surface area contributed by atoms with Crippen molar-refractivity contribution < 1.29 is 9.90 Å². The lowest BCUT2D eigenvalue weighted by Gasteiger charge is -2.06. The number of thioether (sulfide) groups is 1. The highest BCUT2D eigenvalue weighted by molar-refractivity contribution is 8.18. The average Bonchev–Trinajstić information content (AvgIpc) is 3.11. The van der Waals surface area contributed by atoms with Crippen LogP contribution >= 0.6 is 23.1 Å². The van der Waals surface area contributed by atoms with E-state index in [-0.39, 0.29) is 11.7 Å². The van der Waals surface area contributed by atoms with E-state index in [0.717, 1.165) is 11.1 Å². The molecule has 0 saturated carbocycles. The maximum atomic E-state index is 12.4. The number of carbonyl (C=O) groups is 1. The number of benzene rings is 1. The van der Waals surface area contributed by atoms with E-state index in [1.807, 2.05) is 12.3 Å². The summed E-state index contributed by atoms with van der Waals surface area (Å²) in [5, 5.41) is 12.5. The van der Waals surface area contributed by atoms with E-state index in [4.69, 9.17) is 0 Å². The zero-order valence-corrected chi connectivity index (χ0v) is 13.6. The van der Waals surface area contributed by atoms with Crippen molar-refractivity contribution in [2.24, 2.45) is 4.99 Å². The molecule has 1 aromatic carbocycles. The minimum Gasteiger partial charge on any atom is -0.508 e. The van der Waals surface area contributed by atoms with Crippen molar-refractivity contribution in [3.8, 4) is 5.75 Å². The molecule has 5 nitrogen and oxygen atoms in total. The molecule has 0 spiro atoms. The molecule has 1 aromatic heterocycles. The molecule has 3 rings (SSSR count). The summed E-state index contributed by atoms with van der Waals surface area (Å²) in [7, 11) is 1.71. The molecule has 0 atom stereocenters. The number of hydrogen-bond donors (Lipinski definition) is 1. The third-order valence-electron chi connectivity index (χ3n) is 3.23. The largest absolute Gasteiger partial charge is 0.508 e. The number of rotatable bonds is 2. The van der Waals surface area contributed by atoms with Gasteiger partial charge in [0.05, 0.1) is 4.91 Å². The molecular formula is C15H13N3O2S2. The molecule has 1 N–H and O–H groups in total. The summed E-state index contributed by atoms with van der Waals surface area (Å²) in [5.41, 5.74) is 1.77. The van der Waals surface area contributed by atoms with Crippen LogP contribution in [-0.2, 0) is 4.79 Å². The van der Waals surface area contributed by atoms with Gasteiger partial charge in [0.2, 0.25) is 5.13 Å². The van der Waals surface area contributed by atoms with Crippen molar-refractivity contribution in [2.75, 3.05) is 7.05 Å². The Balaban J connectivity index is 1.96. The third kappa shape index (κ3) is 2.77. The summed E-state index contributed by atoms with van der Waals surface area (Å²) in [6.07, 6.45) is 1.68. The standard InChI is InChI=1S/C15H13N3O2S2/c1-9(10-3-5-11(19)6-4-10)12-13(20)18(2)15(22-12)17-14-16-7-8-21-14/h3-8,19H,1-2H3/b12-9-,17-15+. The van der Waals surface area contributed by atoms with Crippen LogP contribution in [0.3, 0.4) is 0 Å². The van der Waals surface area contributed by atoms with Gasteiger partial charge in [-0.2, -0.15) is 4.99 Å². The number of aromatic hydroxyl groups is 1. The molecule has 0 aliphatic carbocycles. The first-order valence-electron chi connectivity index (χ1n) is 6.50. The Hall–Kier alpha value is -2.12. The first-order chi connectivity index (χ1) is 10.6. The van der Waals surface area contributed by atoms with E-state index < -0.39 is 0 Å². The van der Waals surface area contributed by atoms with E-state index in [2.05, 4.69) is 9.98 Å². The van der Waals surface area contributed by atoms with Crippen LogP contribution in [0.25, 0.3) is 5.57 Å². The van der Waals surface area contributed by atoms with Crippen molar-refractivity contribution in [1.82, 2.24) is 9.88 Å². The van der Waals surface area contributed by atoms with Gasteiger partial charge < -0.3 is 5.11 Å². The molecular weight excluding hydrogens is 318 g/mol. The third-order valence-corrected chi connectivity index (χ3v) is 5.13. The van der Waals surface area contributed by atoms with Crippen molar-refractivity contribution in [3.05, 3.63) is 46.3 Å². The van der Waals surface area contributed by atoms with Crippen molar-refractivity contribution in [1.29, 1.82) is 0 Å². The van der Waals surface area contributed by atoms with Gasteiger partial charge in [-0.25, -0.2) is 4.98 Å². The quantitative estimate of drug-likeness (QED) is 0.856. The Kier molecular flexibility index (Phi) is 4.00. The average molecular weight is 331 g/mol.